The number of hydrogen-bond acceptors (Lipinski definition) is 2. The molecular weight excluding hydrogens is 358 g/mol. The number of carbonyl (C=O) groups excluding carboxylic acids is 1. The summed E-state index contributed by atoms with van der Waals surface area (Å²) in [5, 5.41) is 3.45. The van der Waals surface area contributed by atoms with Crippen molar-refractivity contribution < 1.29 is 4.79 Å². The molecule has 2 aromatic heterocycles. The van der Waals surface area contributed by atoms with Crippen molar-refractivity contribution >= 4 is 28.8 Å². The Morgan fingerprint density at radius 2 is 1.85 bits per heavy atom. The predicted molar refractivity (Wildman–Crippen MR) is 110 cm³/mol. The summed E-state index contributed by atoms with van der Waals surface area (Å²) < 4.78 is 1.91. The van der Waals surface area contributed by atoms with E-state index in [-0.39, 0.29) is 5.91 Å². The van der Waals surface area contributed by atoms with Crippen LogP contribution in [0, 0.1) is 13.8 Å². The standard InChI is InChI=1S/C22H18ClN3O/c1-14-10-15(2)21(18(23)11-14)25-22(27)17-8-9-26-13-19(24-20(26)12-17)16-6-4-3-5-7-16/h3-13H,1-2H3,(H,25,27). The molecule has 4 rings (SSSR count). The molecule has 27 heavy (non-hydrogen) atoms. The van der Waals surface area contributed by atoms with Crippen LogP contribution in [0.2, 0.25) is 5.02 Å². The first-order valence-corrected chi connectivity index (χ1v) is 9.01. The van der Waals surface area contributed by atoms with E-state index in [1.54, 1.807) is 12.1 Å². The number of aryl methyl sites for hydroxylation is 2. The van der Waals surface area contributed by atoms with Gasteiger partial charge in [-0.15, -0.1) is 0 Å². The Morgan fingerprint density at radius 3 is 2.59 bits per heavy atom. The number of nitrogens with one attached hydrogen (secondary N) is 1. The van der Waals surface area contributed by atoms with E-state index in [9.17, 15) is 4.79 Å². The third-order valence-electron chi connectivity index (χ3n) is 4.46. The van der Waals surface area contributed by atoms with E-state index >= 15 is 0 Å². The summed E-state index contributed by atoms with van der Waals surface area (Å²) in [4.78, 5) is 17.4. The number of amides is 1. The van der Waals surface area contributed by atoms with Gasteiger partial charge in [0.2, 0.25) is 0 Å². The predicted octanol–water partition coefficient (Wildman–Crippen LogP) is 5.52. The number of rotatable bonds is 3. The quantitative estimate of drug-likeness (QED) is 0.512. The second-order valence-electron chi connectivity index (χ2n) is 6.57. The van der Waals surface area contributed by atoms with Crippen LogP contribution >= 0.6 is 11.6 Å². The van der Waals surface area contributed by atoms with Crippen molar-refractivity contribution in [1.29, 1.82) is 0 Å². The van der Waals surface area contributed by atoms with Crippen LogP contribution in [-0.2, 0) is 0 Å². The van der Waals surface area contributed by atoms with E-state index < -0.39 is 0 Å². The van der Waals surface area contributed by atoms with Gasteiger partial charge in [-0.3, -0.25) is 4.79 Å². The summed E-state index contributed by atoms with van der Waals surface area (Å²) in [7, 11) is 0. The van der Waals surface area contributed by atoms with Gasteiger partial charge in [0, 0.05) is 23.5 Å². The number of nitrogens with zero attached hydrogens (tertiary/aromatic N) is 2. The van der Waals surface area contributed by atoms with Crippen molar-refractivity contribution in [2.75, 3.05) is 5.32 Å². The van der Waals surface area contributed by atoms with Crippen LogP contribution in [-0.4, -0.2) is 15.3 Å². The Bertz CT molecular complexity index is 1130. The molecule has 0 unspecified atom stereocenters. The number of aromatic nitrogens is 2. The molecule has 0 aliphatic rings. The van der Waals surface area contributed by atoms with Crippen molar-refractivity contribution in [2.24, 2.45) is 0 Å². The van der Waals surface area contributed by atoms with Gasteiger partial charge in [0.25, 0.3) is 5.91 Å². The first-order valence-electron chi connectivity index (χ1n) is 8.63. The minimum absolute atomic E-state index is 0.212. The smallest absolute Gasteiger partial charge is 0.255 e. The van der Waals surface area contributed by atoms with Crippen molar-refractivity contribution in [3.8, 4) is 11.3 Å². The molecule has 1 amide bonds. The molecule has 4 nitrogen and oxygen atoms in total. The Kier molecular flexibility index (Phi) is 4.42. The number of anilines is 1. The number of pyridine rings is 1. The molecule has 0 atom stereocenters. The van der Waals surface area contributed by atoms with Crippen LogP contribution < -0.4 is 5.32 Å². The Hall–Kier alpha value is -3.11. The molecule has 0 saturated heterocycles. The molecule has 0 fully saturated rings. The van der Waals surface area contributed by atoms with Gasteiger partial charge in [0.15, 0.2) is 0 Å². The molecule has 2 aromatic carbocycles. The maximum atomic E-state index is 12.7. The molecule has 0 saturated carbocycles. The lowest BCUT2D eigenvalue weighted by Gasteiger charge is -2.11. The highest BCUT2D eigenvalue weighted by Gasteiger charge is 2.13. The van der Waals surface area contributed by atoms with Gasteiger partial charge >= 0.3 is 0 Å². The van der Waals surface area contributed by atoms with Crippen molar-refractivity contribution in [1.82, 2.24) is 9.38 Å². The Labute approximate surface area is 162 Å². The van der Waals surface area contributed by atoms with E-state index in [1.165, 1.54) is 0 Å². The fourth-order valence-corrected chi connectivity index (χ4v) is 3.50. The zero-order valence-electron chi connectivity index (χ0n) is 15.0. The lowest BCUT2D eigenvalue weighted by molar-refractivity contribution is 0.102. The number of halogens is 1. The van der Waals surface area contributed by atoms with Gasteiger partial charge < -0.3 is 9.72 Å². The largest absolute Gasteiger partial charge is 0.320 e. The van der Waals surface area contributed by atoms with E-state index in [2.05, 4.69) is 10.3 Å². The van der Waals surface area contributed by atoms with Gasteiger partial charge in [-0.25, -0.2) is 4.98 Å². The SMILES string of the molecule is Cc1cc(C)c(NC(=O)c2ccn3cc(-c4ccccc4)nc3c2)c(Cl)c1. The molecule has 0 bridgehead atoms. The molecule has 4 aromatic rings. The van der Waals surface area contributed by atoms with Crippen LogP contribution in [0.5, 0.6) is 0 Å². The van der Waals surface area contributed by atoms with E-state index in [1.807, 2.05) is 73.1 Å². The highest BCUT2D eigenvalue weighted by atomic mass is 35.5. The molecule has 0 aliphatic carbocycles. The molecule has 134 valence electrons. The molecule has 0 spiro atoms. The summed E-state index contributed by atoms with van der Waals surface area (Å²) in [6.07, 6.45) is 3.79. The second kappa shape index (κ2) is 6.89. The van der Waals surface area contributed by atoms with E-state index in [0.717, 1.165) is 22.4 Å². The molecule has 1 N–H and O–H groups in total. The molecule has 0 aliphatic heterocycles. The van der Waals surface area contributed by atoms with Crippen LogP contribution in [0.3, 0.4) is 0 Å². The fraction of sp³-hybridized carbons (Fsp3) is 0.0909. The summed E-state index contributed by atoms with van der Waals surface area (Å²) in [6, 6.07) is 17.3. The lowest BCUT2D eigenvalue weighted by Crippen LogP contribution is -2.13. The fourth-order valence-electron chi connectivity index (χ4n) is 3.13. The maximum absolute atomic E-state index is 12.7. The third-order valence-corrected chi connectivity index (χ3v) is 4.76. The summed E-state index contributed by atoms with van der Waals surface area (Å²) in [5.74, 6) is -0.212. The maximum Gasteiger partial charge on any atom is 0.255 e. The molecule has 0 radical (unpaired) electrons. The van der Waals surface area contributed by atoms with Crippen LogP contribution in [0.4, 0.5) is 5.69 Å². The molecular formula is C22H18ClN3O. The van der Waals surface area contributed by atoms with Gasteiger partial charge in [0.1, 0.15) is 5.65 Å². The first-order chi connectivity index (χ1) is 13.0. The average Bonchev–Trinajstić information content (AvgIpc) is 3.08. The minimum atomic E-state index is -0.212. The minimum Gasteiger partial charge on any atom is -0.320 e. The summed E-state index contributed by atoms with van der Waals surface area (Å²) in [5.41, 5.74) is 5.78. The van der Waals surface area contributed by atoms with Crippen LogP contribution in [0.15, 0.2) is 67.0 Å². The lowest BCUT2D eigenvalue weighted by atomic mass is 10.1. The molecule has 2 heterocycles. The Morgan fingerprint density at radius 1 is 1.07 bits per heavy atom. The van der Waals surface area contributed by atoms with Crippen molar-refractivity contribution in [3.63, 3.8) is 0 Å². The van der Waals surface area contributed by atoms with Gasteiger partial charge in [-0.1, -0.05) is 48.0 Å². The monoisotopic (exact) mass is 375 g/mol. The topological polar surface area (TPSA) is 46.4 Å². The van der Waals surface area contributed by atoms with Crippen LogP contribution in [0.1, 0.15) is 21.5 Å². The van der Waals surface area contributed by atoms with Crippen LogP contribution in [0.25, 0.3) is 16.9 Å². The van der Waals surface area contributed by atoms with E-state index in [4.69, 9.17) is 11.6 Å². The van der Waals surface area contributed by atoms with Crippen molar-refractivity contribution in [3.05, 3.63) is 88.7 Å². The van der Waals surface area contributed by atoms with Gasteiger partial charge in [-0.2, -0.15) is 0 Å². The summed E-state index contributed by atoms with van der Waals surface area (Å²) >= 11 is 6.30. The third kappa shape index (κ3) is 3.44. The highest BCUT2D eigenvalue weighted by molar-refractivity contribution is 6.34. The second-order valence-corrected chi connectivity index (χ2v) is 6.97. The first kappa shape index (κ1) is 17.3. The van der Waals surface area contributed by atoms with E-state index in [0.29, 0.717) is 21.9 Å². The highest BCUT2D eigenvalue weighted by Crippen LogP contribution is 2.28. The normalized spacial score (nSPS) is 10.9. The van der Waals surface area contributed by atoms with Gasteiger partial charge in [-0.05, 0) is 43.2 Å². The number of benzene rings is 2. The average molecular weight is 376 g/mol. The molecule has 5 heteroatoms. The zero-order chi connectivity index (χ0) is 19.0. The number of imidazole rings is 1. The van der Waals surface area contributed by atoms with Crippen molar-refractivity contribution in [2.45, 2.75) is 13.8 Å². The van der Waals surface area contributed by atoms with Gasteiger partial charge in [0.05, 0.1) is 16.4 Å². The number of hydrogen-bond donors (Lipinski definition) is 1. The number of carbonyl (C=O) groups is 1. The zero-order valence-corrected chi connectivity index (χ0v) is 15.8. The summed E-state index contributed by atoms with van der Waals surface area (Å²) in [6.45, 7) is 3.90. The number of fused-ring (bicyclic) bond motifs is 1. The Balaban J connectivity index is 1.65.